The number of nitrogens with one attached hydrogen (secondary N) is 2. The summed E-state index contributed by atoms with van der Waals surface area (Å²) in [6, 6.07) is 1.68. The predicted molar refractivity (Wildman–Crippen MR) is 74.5 cm³/mol. The molecule has 0 saturated heterocycles. The highest BCUT2D eigenvalue weighted by atomic mass is 16.5. The summed E-state index contributed by atoms with van der Waals surface area (Å²) in [5.41, 5.74) is 2.48. The first kappa shape index (κ1) is 15.6. The van der Waals surface area contributed by atoms with E-state index in [9.17, 15) is 5.11 Å². The van der Waals surface area contributed by atoms with Crippen LogP contribution < -0.4 is 16.6 Å². The van der Waals surface area contributed by atoms with Gasteiger partial charge in [0.05, 0.1) is 6.10 Å². The molecule has 7 nitrogen and oxygen atoms in total. The number of aliphatic hydroxyl groups excluding tert-OH is 1. The molecule has 0 amide bonds. The summed E-state index contributed by atoms with van der Waals surface area (Å²) in [5.74, 6) is 7.44. The standard InChI is InChI=1S/C12H23N5O2/c1-8(2)4-9(18)6-14-10-5-11(17-13)16-12(15-10)7-19-3/h5,8-9,18H,4,6-7,13H2,1-3H3,(H2,14,15,16,17). The molecule has 0 aliphatic heterocycles. The molecule has 0 fully saturated rings. The van der Waals surface area contributed by atoms with Crippen LogP contribution in [0.5, 0.6) is 0 Å². The number of aromatic nitrogens is 2. The Labute approximate surface area is 113 Å². The Hall–Kier alpha value is -1.44. The second-order valence-electron chi connectivity index (χ2n) is 4.80. The molecule has 0 aromatic carbocycles. The van der Waals surface area contributed by atoms with Crippen LogP contribution >= 0.6 is 0 Å². The van der Waals surface area contributed by atoms with E-state index in [1.165, 1.54) is 0 Å². The van der Waals surface area contributed by atoms with Crippen LogP contribution in [0.4, 0.5) is 11.6 Å². The number of aliphatic hydroxyl groups is 1. The van der Waals surface area contributed by atoms with Crippen LogP contribution in [0.25, 0.3) is 0 Å². The van der Waals surface area contributed by atoms with E-state index in [0.29, 0.717) is 36.5 Å². The number of rotatable bonds is 8. The Morgan fingerprint density at radius 1 is 1.37 bits per heavy atom. The number of anilines is 2. The topological polar surface area (TPSA) is 105 Å². The second kappa shape index (κ2) is 7.88. The lowest BCUT2D eigenvalue weighted by Crippen LogP contribution is -2.22. The first-order valence-electron chi connectivity index (χ1n) is 6.30. The van der Waals surface area contributed by atoms with Crippen LogP contribution in [0.15, 0.2) is 6.07 Å². The number of hydrogen-bond donors (Lipinski definition) is 4. The van der Waals surface area contributed by atoms with E-state index in [0.717, 1.165) is 6.42 Å². The van der Waals surface area contributed by atoms with E-state index >= 15 is 0 Å². The molecule has 108 valence electrons. The highest BCUT2D eigenvalue weighted by molar-refractivity contribution is 5.46. The van der Waals surface area contributed by atoms with Crippen molar-refractivity contribution in [2.45, 2.75) is 33.0 Å². The molecule has 7 heteroatoms. The molecule has 0 aliphatic carbocycles. The number of methoxy groups -OCH3 is 1. The van der Waals surface area contributed by atoms with Gasteiger partial charge in [-0.25, -0.2) is 15.8 Å². The molecule has 0 bridgehead atoms. The Balaban J connectivity index is 2.63. The van der Waals surface area contributed by atoms with Gasteiger partial charge in [0.2, 0.25) is 0 Å². The summed E-state index contributed by atoms with van der Waals surface area (Å²) in [6.45, 7) is 4.88. The fraction of sp³-hybridized carbons (Fsp3) is 0.667. The Bertz CT molecular complexity index is 386. The van der Waals surface area contributed by atoms with Gasteiger partial charge in [-0.1, -0.05) is 13.8 Å². The minimum atomic E-state index is -0.407. The molecule has 1 unspecified atom stereocenters. The van der Waals surface area contributed by atoms with Crippen LogP contribution in [0, 0.1) is 5.92 Å². The zero-order valence-electron chi connectivity index (χ0n) is 11.7. The van der Waals surface area contributed by atoms with Crippen molar-refractivity contribution in [1.29, 1.82) is 0 Å². The third-order valence-corrected chi connectivity index (χ3v) is 2.46. The van der Waals surface area contributed by atoms with Crippen molar-refractivity contribution in [3.05, 3.63) is 11.9 Å². The van der Waals surface area contributed by atoms with Crippen molar-refractivity contribution in [2.75, 3.05) is 24.4 Å². The van der Waals surface area contributed by atoms with Gasteiger partial charge in [0.15, 0.2) is 5.82 Å². The zero-order chi connectivity index (χ0) is 14.3. The van der Waals surface area contributed by atoms with Crippen LogP contribution in [-0.2, 0) is 11.3 Å². The molecule has 1 aromatic heterocycles. The number of ether oxygens (including phenoxy) is 1. The Morgan fingerprint density at radius 3 is 2.63 bits per heavy atom. The minimum Gasteiger partial charge on any atom is -0.391 e. The highest BCUT2D eigenvalue weighted by Crippen LogP contribution is 2.12. The van der Waals surface area contributed by atoms with Crippen molar-refractivity contribution < 1.29 is 9.84 Å². The minimum absolute atomic E-state index is 0.304. The van der Waals surface area contributed by atoms with Crippen molar-refractivity contribution in [3.8, 4) is 0 Å². The van der Waals surface area contributed by atoms with Gasteiger partial charge in [0.25, 0.3) is 0 Å². The van der Waals surface area contributed by atoms with Gasteiger partial charge < -0.3 is 20.6 Å². The van der Waals surface area contributed by atoms with Crippen LogP contribution in [0.3, 0.4) is 0 Å². The van der Waals surface area contributed by atoms with Gasteiger partial charge in [-0.05, 0) is 12.3 Å². The number of nitrogens with two attached hydrogens (primary N) is 1. The third-order valence-electron chi connectivity index (χ3n) is 2.46. The van der Waals surface area contributed by atoms with E-state index in [1.54, 1.807) is 13.2 Å². The smallest absolute Gasteiger partial charge is 0.158 e. The number of hydrogen-bond acceptors (Lipinski definition) is 7. The summed E-state index contributed by atoms with van der Waals surface area (Å²) < 4.78 is 4.99. The quantitative estimate of drug-likeness (QED) is 0.407. The van der Waals surface area contributed by atoms with Gasteiger partial charge in [0, 0.05) is 19.7 Å². The van der Waals surface area contributed by atoms with E-state index < -0.39 is 6.10 Å². The summed E-state index contributed by atoms with van der Waals surface area (Å²) in [5, 5.41) is 12.9. The first-order chi connectivity index (χ1) is 9.05. The molecule has 0 aliphatic rings. The summed E-state index contributed by atoms with van der Waals surface area (Å²) in [7, 11) is 1.57. The summed E-state index contributed by atoms with van der Waals surface area (Å²) in [4.78, 5) is 8.41. The predicted octanol–water partition coefficient (Wildman–Crippen LogP) is 0.727. The number of nitrogens with zero attached hydrogens (tertiary/aromatic N) is 2. The van der Waals surface area contributed by atoms with E-state index in [4.69, 9.17) is 10.6 Å². The average Bonchev–Trinajstić information content (AvgIpc) is 2.35. The molecule has 5 N–H and O–H groups in total. The lowest BCUT2D eigenvalue weighted by atomic mass is 10.1. The number of nitrogen functional groups attached to an aromatic ring is 1. The van der Waals surface area contributed by atoms with Gasteiger partial charge in [-0.15, -0.1) is 0 Å². The Kier molecular flexibility index (Phi) is 6.48. The van der Waals surface area contributed by atoms with E-state index in [-0.39, 0.29) is 0 Å². The average molecular weight is 269 g/mol. The van der Waals surface area contributed by atoms with Crippen LogP contribution in [0.2, 0.25) is 0 Å². The van der Waals surface area contributed by atoms with Crippen LogP contribution in [0.1, 0.15) is 26.1 Å². The van der Waals surface area contributed by atoms with Gasteiger partial charge in [-0.3, -0.25) is 0 Å². The largest absolute Gasteiger partial charge is 0.391 e. The maximum Gasteiger partial charge on any atom is 0.158 e. The molecular weight excluding hydrogens is 246 g/mol. The van der Waals surface area contributed by atoms with Gasteiger partial charge in [0.1, 0.15) is 18.2 Å². The van der Waals surface area contributed by atoms with Gasteiger partial charge in [-0.2, -0.15) is 0 Å². The maximum absolute atomic E-state index is 9.81. The fourth-order valence-corrected chi connectivity index (χ4v) is 1.71. The van der Waals surface area contributed by atoms with Crippen molar-refractivity contribution >= 4 is 11.6 Å². The summed E-state index contributed by atoms with van der Waals surface area (Å²) >= 11 is 0. The first-order valence-corrected chi connectivity index (χ1v) is 6.30. The molecular formula is C12H23N5O2. The van der Waals surface area contributed by atoms with Crippen LogP contribution in [-0.4, -0.2) is 34.8 Å². The molecule has 0 radical (unpaired) electrons. The second-order valence-corrected chi connectivity index (χ2v) is 4.80. The van der Waals surface area contributed by atoms with Crippen molar-refractivity contribution in [2.24, 2.45) is 11.8 Å². The monoisotopic (exact) mass is 269 g/mol. The molecule has 19 heavy (non-hydrogen) atoms. The maximum atomic E-state index is 9.81. The molecule has 1 rings (SSSR count). The molecule has 1 aromatic rings. The highest BCUT2D eigenvalue weighted by Gasteiger charge is 2.08. The fourth-order valence-electron chi connectivity index (χ4n) is 1.71. The zero-order valence-corrected chi connectivity index (χ0v) is 11.7. The van der Waals surface area contributed by atoms with Crippen molar-refractivity contribution in [1.82, 2.24) is 9.97 Å². The SMILES string of the molecule is COCc1nc(NN)cc(NCC(O)CC(C)C)n1. The molecule has 0 spiro atoms. The Morgan fingerprint density at radius 2 is 2.05 bits per heavy atom. The molecule has 1 atom stereocenters. The van der Waals surface area contributed by atoms with Gasteiger partial charge >= 0.3 is 0 Å². The third kappa shape index (κ3) is 5.82. The molecule has 0 saturated carbocycles. The summed E-state index contributed by atoms with van der Waals surface area (Å²) in [6.07, 6.45) is 0.334. The number of hydrazine groups is 1. The lowest BCUT2D eigenvalue weighted by Gasteiger charge is -2.15. The lowest BCUT2D eigenvalue weighted by molar-refractivity contribution is 0.161. The normalized spacial score (nSPS) is 12.5. The van der Waals surface area contributed by atoms with E-state index in [1.807, 2.05) is 0 Å². The van der Waals surface area contributed by atoms with Crippen molar-refractivity contribution in [3.63, 3.8) is 0 Å². The molecule has 1 heterocycles. The van der Waals surface area contributed by atoms with E-state index in [2.05, 4.69) is 34.6 Å².